The summed E-state index contributed by atoms with van der Waals surface area (Å²) in [6.45, 7) is 0.616. The van der Waals surface area contributed by atoms with E-state index in [2.05, 4.69) is 20.6 Å². The number of likely N-dealkylation sites (N-methyl/N-ethyl adjacent to an activating group) is 1. The maximum atomic E-state index is 12.1. The second-order valence-corrected chi connectivity index (χ2v) is 11.6. The Morgan fingerprint density at radius 1 is 1.06 bits per heavy atom. The van der Waals surface area contributed by atoms with Crippen molar-refractivity contribution in [3.05, 3.63) is 30.1 Å². The molecule has 0 aromatic carbocycles. The van der Waals surface area contributed by atoms with Crippen molar-refractivity contribution in [3.8, 4) is 0 Å². The molecule has 50 heavy (non-hydrogen) atoms. The topological polar surface area (TPSA) is 402 Å². The van der Waals surface area contributed by atoms with Gasteiger partial charge in [0.05, 0.1) is 30.4 Å². The molecule has 19 N–H and O–H groups in total. The minimum Gasteiger partial charge on any atom is -0.394 e. The van der Waals surface area contributed by atoms with Crippen LogP contribution >= 0.6 is 0 Å². The van der Waals surface area contributed by atoms with E-state index in [4.69, 9.17) is 47.4 Å². The molecule has 1 amide bonds. The summed E-state index contributed by atoms with van der Waals surface area (Å²) in [5, 5.41) is 86.6. The van der Waals surface area contributed by atoms with Crippen LogP contribution in [0.25, 0.3) is 0 Å². The minimum atomic E-state index is -2.39. The van der Waals surface area contributed by atoms with E-state index in [9.17, 15) is 45.3 Å². The Balaban J connectivity index is 0.000000578. The first-order chi connectivity index (χ1) is 23.6. The van der Waals surface area contributed by atoms with Crippen LogP contribution in [0.15, 0.2) is 29.5 Å². The summed E-state index contributed by atoms with van der Waals surface area (Å²) < 4.78 is 22.9. The molecule has 15 atom stereocenters. The zero-order valence-electron chi connectivity index (χ0n) is 27.0. The molecule has 0 bridgehead atoms. The van der Waals surface area contributed by atoms with Crippen molar-refractivity contribution in [2.45, 2.75) is 98.2 Å². The van der Waals surface area contributed by atoms with Gasteiger partial charge in [0.15, 0.2) is 36.4 Å². The third-order valence-electron chi connectivity index (χ3n) is 8.45. The summed E-state index contributed by atoms with van der Waals surface area (Å²) in [7, 11) is 1.42. The number of aromatic nitrogens is 1. The molecule has 3 fully saturated rings. The number of nitrogens with zero attached hydrogens (tertiary/aromatic N) is 2. The molecule has 2 aliphatic heterocycles. The number of aliphatic hydroxyl groups is 7. The Morgan fingerprint density at radius 3 is 2.26 bits per heavy atom. The number of aliphatic hydroxyl groups excluding tert-OH is 6. The number of rotatable bonds is 10. The van der Waals surface area contributed by atoms with Crippen LogP contribution in [-0.4, -0.2) is 170 Å². The number of carbonyl (C=O) groups excluding carboxylic acids is 2. The monoisotopic (exact) mass is 718 g/mol. The van der Waals surface area contributed by atoms with Gasteiger partial charge in [0.1, 0.15) is 54.9 Å². The van der Waals surface area contributed by atoms with Gasteiger partial charge in [-0.1, -0.05) is 0 Å². The van der Waals surface area contributed by atoms with E-state index in [1.165, 1.54) is 20.2 Å². The average Bonchev–Trinajstić information content (AvgIpc) is 3.33. The van der Waals surface area contributed by atoms with Crippen LogP contribution in [-0.2, 0) is 23.7 Å². The van der Waals surface area contributed by atoms with Gasteiger partial charge in [0, 0.05) is 12.4 Å². The van der Waals surface area contributed by atoms with Crippen molar-refractivity contribution in [2.75, 3.05) is 13.7 Å². The van der Waals surface area contributed by atoms with E-state index in [1.54, 1.807) is 18.3 Å². The SMILES string of the molecule is CN[C@@H]1[C@H](O[C@H]2[C@H](O[C@H]3[C@H](O)[C@@H](O)[C@H](N=C(N)N)[C@@H](O)[C@@H]3NC(=N)N)O[C@@H](C)[C@]2(O)C=O)O[C@@H](CO)[C@H](O)[C@H]1O.NNC(=O)c1cccnc1. The van der Waals surface area contributed by atoms with Crippen molar-refractivity contribution >= 4 is 24.1 Å². The van der Waals surface area contributed by atoms with E-state index < -0.39 is 110 Å². The number of hydrazine groups is 1. The molecule has 2 saturated heterocycles. The molecule has 1 saturated carbocycles. The Labute approximate surface area is 285 Å². The second kappa shape index (κ2) is 17.5. The number of nitrogen functional groups attached to an aromatic ring is 1. The summed E-state index contributed by atoms with van der Waals surface area (Å²) in [4.78, 5) is 30.3. The van der Waals surface area contributed by atoms with Crippen molar-refractivity contribution in [3.63, 3.8) is 0 Å². The molecule has 1 aromatic rings. The Morgan fingerprint density at radius 2 is 1.74 bits per heavy atom. The number of pyridine rings is 1. The highest BCUT2D eigenvalue weighted by atomic mass is 16.8. The number of amides is 1. The molecule has 3 aliphatic rings. The van der Waals surface area contributed by atoms with Crippen molar-refractivity contribution < 1.29 is 64.3 Å². The number of nitrogens with two attached hydrogens (primary N) is 4. The van der Waals surface area contributed by atoms with Crippen LogP contribution in [0.3, 0.4) is 0 Å². The van der Waals surface area contributed by atoms with Gasteiger partial charge in [-0.25, -0.2) is 10.8 Å². The van der Waals surface area contributed by atoms with Crippen LogP contribution in [0.1, 0.15) is 17.3 Å². The van der Waals surface area contributed by atoms with Crippen molar-refractivity contribution in [2.24, 2.45) is 28.0 Å². The first kappa shape index (κ1) is 40.7. The maximum absolute atomic E-state index is 12.1. The quantitative estimate of drug-likeness (QED) is 0.0267. The van der Waals surface area contributed by atoms with Crippen LogP contribution in [0.2, 0.25) is 0 Å². The highest BCUT2D eigenvalue weighted by molar-refractivity contribution is 5.93. The van der Waals surface area contributed by atoms with Crippen LogP contribution in [0.5, 0.6) is 0 Å². The largest absolute Gasteiger partial charge is 0.394 e. The Hall–Kier alpha value is -3.69. The summed E-state index contributed by atoms with van der Waals surface area (Å²) >= 11 is 0. The van der Waals surface area contributed by atoms with E-state index in [0.29, 0.717) is 5.56 Å². The fourth-order valence-corrected chi connectivity index (χ4v) is 5.71. The molecule has 1 aromatic heterocycles. The number of aliphatic imine (C=N–C) groups is 1. The summed E-state index contributed by atoms with van der Waals surface area (Å²) in [5.74, 6) is 3.39. The lowest BCUT2D eigenvalue weighted by atomic mass is 9.81. The Kier molecular flexibility index (Phi) is 14.3. The zero-order chi connectivity index (χ0) is 37.5. The van der Waals surface area contributed by atoms with Gasteiger partial charge in [-0.2, -0.15) is 0 Å². The van der Waals surface area contributed by atoms with E-state index in [0.717, 1.165) is 0 Å². The fraction of sp³-hybridized carbons (Fsp3) is 0.667. The van der Waals surface area contributed by atoms with Crippen LogP contribution in [0, 0.1) is 5.41 Å². The van der Waals surface area contributed by atoms with Crippen LogP contribution in [0.4, 0.5) is 0 Å². The molecule has 1 aliphatic carbocycles. The first-order valence-electron chi connectivity index (χ1n) is 15.1. The second-order valence-electron chi connectivity index (χ2n) is 11.6. The van der Waals surface area contributed by atoms with Gasteiger partial charge in [-0.3, -0.25) is 25.4 Å². The summed E-state index contributed by atoms with van der Waals surface area (Å²) in [6, 6.07) is -0.712. The number of guanidine groups is 2. The molecular formula is C27H46N10O13. The van der Waals surface area contributed by atoms with Gasteiger partial charge in [-0.05, 0) is 26.1 Å². The predicted molar refractivity (Wildman–Crippen MR) is 168 cm³/mol. The molecule has 282 valence electrons. The third-order valence-corrected chi connectivity index (χ3v) is 8.45. The molecule has 4 rings (SSSR count). The number of hydrogen-bond acceptors (Lipinski definition) is 18. The highest BCUT2D eigenvalue weighted by Gasteiger charge is 2.60. The molecule has 3 heterocycles. The van der Waals surface area contributed by atoms with Gasteiger partial charge in [-0.15, -0.1) is 0 Å². The molecular weight excluding hydrogens is 672 g/mol. The summed E-state index contributed by atoms with van der Waals surface area (Å²) in [6.07, 6.45) is -14.3. The molecule has 0 unspecified atom stereocenters. The molecule has 0 spiro atoms. The van der Waals surface area contributed by atoms with E-state index >= 15 is 0 Å². The zero-order valence-corrected chi connectivity index (χ0v) is 27.0. The molecule has 23 nitrogen and oxygen atoms in total. The van der Waals surface area contributed by atoms with E-state index in [1.807, 2.05) is 5.43 Å². The standard InChI is InChI=1S/C21H39N7O12.C6H7N3O/c1-5-21(36,4-30)16(40-17-9(26-2)13(34)10(31)6(3-29)38-17)18(37-5)39-15-8(28-20(24)25)11(32)7(27-19(22)23)12(33)14(15)35;7-9-6(10)5-2-1-3-8-4-5/h4-18,26,29,31-36H,3H2,1-2H3,(H4,22,23,27)(H4,24,25,28);1-4H,7H2,(H,9,10)/t5-,6-,7+,8-,9-,10-,11+,12-,13-,14+,15+,16-,17-,18-,21+;/m0./s1. The summed E-state index contributed by atoms with van der Waals surface area (Å²) in [5.41, 5.74) is 16.3. The first-order valence-corrected chi connectivity index (χ1v) is 15.1. The lowest BCUT2D eigenvalue weighted by Crippen LogP contribution is -2.70. The lowest BCUT2D eigenvalue weighted by molar-refractivity contribution is -0.314. The number of ether oxygens (including phenoxy) is 4. The molecule has 23 heteroatoms. The molecule has 0 radical (unpaired) electrons. The van der Waals surface area contributed by atoms with Gasteiger partial charge >= 0.3 is 0 Å². The maximum Gasteiger partial charge on any atom is 0.266 e. The number of hydrogen-bond donors (Lipinski definition) is 15. The van der Waals surface area contributed by atoms with Gasteiger partial charge < -0.3 is 82.5 Å². The number of carbonyl (C=O) groups is 2. The van der Waals surface area contributed by atoms with Crippen molar-refractivity contribution in [1.82, 2.24) is 21.0 Å². The van der Waals surface area contributed by atoms with Gasteiger partial charge in [0.2, 0.25) is 0 Å². The predicted octanol–water partition coefficient (Wildman–Crippen LogP) is -8.27. The highest BCUT2D eigenvalue weighted by Crippen LogP contribution is 2.38. The van der Waals surface area contributed by atoms with Gasteiger partial charge in [0.25, 0.3) is 5.91 Å². The average molecular weight is 719 g/mol. The lowest BCUT2D eigenvalue weighted by Gasteiger charge is -2.46. The van der Waals surface area contributed by atoms with Crippen LogP contribution < -0.4 is 39.1 Å². The smallest absolute Gasteiger partial charge is 0.266 e. The third kappa shape index (κ3) is 8.78. The van der Waals surface area contributed by atoms with E-state index in [-0.39, 0.29) is 12.2 Å². The normalized spacial score (nSPS) is 39.7. The number of aldehydes is 1. The minimum absolute atomic E-state index is 0.138. The number of nitrogens with one attached hydrogen (secondary N) is 4. The Bertz CT molecular complexity index is 1320. The van der Waals surface area contributed by atoms with Crippen molar-refractivity contribution in [1.29, 1.82) is 5.41 Å². The fourth-order valence-electron chi connectivity index (χ4n) is 5.71.